The lowest BCUT2D eigenvalue weighted by atomic mass is 9.94. The van der Waals surface area contributed by atoms with E-state index in [1.165, 1.54) is 5.56 Å². The van der Waals surface area contributed by atoms with E-state index in [-0.39, 0.29) is 5.54 Å². The predicted octanol–water partition coefficient (Wildman–Crippen LogP) is 3.86. The van der Waals surface area contributed by atoms with Gasteiger partial charge in [-0.15, -0.1) is 0 Å². The Morgan fingerprint density at radius 3 is 2.44 bits per heavy atom. The highest BCUT2D eigenvalue weighted by Crippen LogP contribution is 2.25. The average Bonchev–Trinajstić information content (AvgIpc) is 2.29. The average molecular weight is 216 g/mol. The smallest absolute Gasteiger partial charge is 0.101 e. The van der Waals surface area contributed by atoms with E-state index in [0.29, 0.717) is 0 Å². The van der Waals surface area contributed by atoms with Crippen molar-refractivity contribution in [3.63, 3.8) is 0 Å². The van der Waals surface area contributed by atoms with Crippen molar-refractivity contribution in [2.24, 2.45) is 0 Å². The first kappa shape index (κ1) is 12.6. The zero-order valence-electron chi connectivity index (χ0n) is 10.6. The van der Waals surface area contributed by atoms with Crippen molar-refractivity contribution in [3.05, 3.63) is 29.3 Å². The molecule has 0 spiro atoms. The summed E-state index contributed by atoms with van der Waals surface area (Å²) >= 11 is 0. The van der Waals surface area contributed by atoms with Crippen molar-refractivity contribution in [2.45, 2.75) is 46.1 Å². The number of nitrogens with one attached hydrogen (secondary N) is 1. The maximum absolute atomic E-state index is 9.06. The van der Waals surface area contributed by atoms with E-state index >= 15 is 0 Å². The Labute approximate surface area is 98.3 Å². The van der Waals surface area contributed by atoms with Crippen molar-refractivity contribution in [1.82, 2.24) is 0 Å². The predicted molar refractivity (Wildman–Crippen MR) is 68.5 cm³/mol. The van der Waals surface area contributed by atoms with Gasteiger partial charge in [0.05, 0.1) is 11.3 Å². The quantitative estimate of drug-likeness (QED) is 0.829. The molecule has 1 N–H and O–H groups in total. The molecule has 2 nitrogen and oxygen atoms in total. The van der Waals surface area contributed by atoms with Gasteiger partial charge in [-0.3, -0.25) is 0 Å². The van der Waals surface area contributed by atoms with E-state index in [0.717, 1.165) is 24.1 Å². The molecule has 0 amide bonds. The van der Waals surface area contributed by atoms with Crippen LogP contribution in [0.1, 0.15) is 44.7 Å². The Morgan fingerprint density at radius 1 is 1.31 bits per heavy atom. The van der Waals surface area contributed by atoms with Crippen molar-refractivity contribution in [3.8, 4) is 6.07 Å². The topological polar surface area (TPSA) is 35.8 Å². The fourth-order valence-electron chi connectivity index (χ4n) is 1.61. The highest BCUT2D eigenvalue weighted by Gasteiger charge is 2.20. The van der Waals surface area contributed by atoms with Crippen LogP contribution < -0.4 is 5.32 Å². The number of anilines is 1. The first-order chi connectivity index (χ1) is 7.54. The minimum absolute atomic E-state index is 0.0688. The lowest BCUT2D eigenvalue weighted by Gasteiger charge is -2.30. The summed E-state index contributed by atoms with van der Waals surface area (Å²) in [4.78, 5) is 0. The van der Waals surface area contributed by atoms with Gasteiger partial charge in [0.25, 0.3) is 0 Å². The SMILES string of the molecule is CCC(C)(CC)Nc1cc(C)ccc1C#N. The van der Waals surface area contributed by atoms with Crippen LogP contribution in [0.25, 0.3) is 0 Å². The Hall–Kier alpha value is -1.49. The molecule has 0 radical (unpaired) electrons. The number of hydrogen-bond donors (Lipinski definition) is 1. The minimum atomic E-state index is 0.0688. The molecule has 0 aliphatic heterocycles. The molecular formula is C14H20N2. The van der Waals surface area contributed by atoms with Crippen LogP contribution in [-0.2, 0) is 0 Å². The Bertz CT molecular complexity index is 398. The zero-order valence-corrected chi connectivity index (χ0v) is 10.6. The van der Waals surface area contributed by atoms with Gasteiger partial charge >= 0.3 is 0 Å². The van der Waals surface area contributed by atoms with Gasteiger partial charge in [-0.25, -0.2) is 0 Å². The van der Waals surface area contributed by atoms with Crippen LogP contribution in [0.15, 0.2) is 18.2 Å². The fourth-order valence-corrected chi connectivity index (χ4v) is 1.61. The van der Waals surface area contributed by atoms with Crippen molar-refractivity contribution >= 4 is 5.69 Å². The summed E-state index contributed by atoms with van der Waals surface area (Å²) in [5, 5.41) is 12.6. The second kappa shape index (κ2) is 5.03. The highest BCUT2D eigenvalue weighted by atomic mass is 15.0. The molecule has 16 heavy (non-hydrogen) atoms. The second-order valence-electron chi connectivity index (χ2n) is 4.55. The molecule has 1 aromatic carbocycles. The zero-order chi connectivity index (χ0) is 12.2. The first-order valence-electron chi connectivity index (χ1n) is 5.83. The maximum atomic E-state index is 9.06. The molecule has 0 aliphatic carbocycles. The molecule has 86 valence electrons. The van der Waals surface area contributed by atoms with Gasteiger partial charge in [0.1, 0.15) is 6.07 Å². The minimum Gasteiger partial charge on any atom is -0.379 e. The Kier molecular flexibility index (Phi) is 3.95. The molecular weight excluding hydrogens is 196 g/mol. The molecule has 0 heterocycles. The fraction of sp³-hybridized carbons (Fsp3) is 0.500. The van der Waals surface area contributed by atoms with Crippen LogP contribution in [0.4, 0.5) is 5.69 Å². The number of hydrogen-bond acceptors (Lipinski definition) is 2. The number of nitriles is 1. The molecule has 2 heteroatoms. The Morgan fingerprint density at radius 2 is 1.94 bits per heavy atom. The van der Waals surface area contributed by atoms with Gasteiger partial charge in [-0.2, -0.15) is 5.26 Å². The van der Waals surface area contributed by atoms with Gasteiger partial charge in [-0.05, 0) is 44.4 Å². The summed E-state index contributed by atoms with van der Waals surface area (Å²) in [6, 6.07) is 8.12. The monoisotopic (exact) mass is 216 g/mol. The standard InChI is InChI=1S/C14H20N2/c1-5-14(4,6-2)16-13-9-11(3)7-8-12(13)10-15/h7-9,16H,5-6H2,1-4H3. The molecule has 1 rings (SSSR count). The van der Waals surface area contributed by atoms with Gasteiger partial charge in [0.15, 0.2) is 0 Å². The van der Waals surface area contributed by atoms with Crippen LogP contribution in [0, 0.1) is 18.3 Å². The summed E-state index contributed by atoms with van der Waals surface area (Å²) in [5.41, 5.74) is 2.92. The third-order valence-electron chi connectivity index (χ3n) is 3.29. The van der Waals surface area contributed by atoms with E-state index in [2.05, 4.69) is 32.2 Å². The second-order valence-corrected chi connectivity index (χ2v) is 4.55. The van der Waals surface area contributed by atoms with Crippen molar-refractivity contribution < 1.29 is 0 Å². The molecule has 0 aromatic heterocycles. The number of rotatable bonds is 4. The highest BCUT2D eigenvalue weighted by molar-refractivity contribution is 5.60. The summed E-state index contributed by atoms with van der Waals surface area (Å²) in [6.45, 7) is 8.56. The summed E-state index contributed by atoms with van der Waals surface area (Å²) in [5.74, 6) is 0. The van der Waals surface area contributed by atoms with Crippen molar-refractivity contribution in [1.29, 1.82) is 5.26 Å². The third kappa shape index (κ3) is 2.76. The van der Waals surface area contributed by atoms with E-state index in [4.69, 9.17) is 5.26 Å². The van der Waals surface area contributed by atoms with Crippen LogP contribution in [-0.4, -0.2) is 5.54 Å². The molecule has 0 aliphatic rings. The lowest BCUT2D eigenvalue weighted by Crippen LogP contribution is -2.33. The van der Waals surface area contributed by atoms with E-state index < -0.39 is 0 Å². The lowest BCUT2D eigenvalue weighted by molar-refractivity contribution is 0.478. The van der Waals surface area contributed by atoms with Gasteiger partial charge in [-0.1, -0.05) is 19.9 Å². The van der Waals surface area contributed by atoms with Crippen LogP contribution >= 0.6 is 0 Å². The normalized spacial score (nSPS) is 10.9. The van der Waals surface area contributed by atoms with Crippen molar-refractivity contribution in [2.75, 3.05) is 5.32 Å². The number of aryl methyl sites for hydroxylation is 1. The van der Waals surface area contributed by atoms with E-state index in [9.17, 15) is 0 Å². The summed E-state index contributed by atoms with van der Waals surface area (Å²) in [7, 11) is 0. The largest absolute Gasteiger partial charge is 0.379 e. The van der Waals surface area contributed by atoms with E-state index in [1.807, 2.05) is 25.1 Å². The molecule has 0 saturated heterocycles. The molecule has 0 atom stereocenters. The molecule has 1 aromatic rings. The molecule has 0 saturated carbocycles. The Balaban J connectivity index is 3.05. The first-order valence-corrected chi connectivity index (χ1v) is 5.83. The number of benzene rings is 1. The summed E-state index contributed by atoms with van der Waals surface area (Å²) < 4.78 is 0. The van der Waals surface area contributed by atoms with Gasteiger partial charge in [0, 0.05) is 5.54 Å². The molecule has 0 unspecified atom stereocenters. The van der Waals surface area contributed by atoms with Crippen LogP contribution in [0.5, 0.6) is 0 Å². The molecule has 0 fully saturated rings. The third-order valence-corrected chi connectivity index (χ3v) is 3.29. The van der Waals surface area contributed by atoms with E-state index in [1.54, 1.807) is 0 Å². The number of nitrogens with zero attached hydrogens (tertiary/aromatic N) is 1. The van der Waals surface area contributed by atoms with Gasteiger partial charge in [0.2, 0.25) is 0 Å². The molecule has 0 bridgehead atoms. The van der Waals surface area contributed by atoms with Gasteiger partial charge < -0.3 is 5.32 Å². The van der Waals surface area contributed by atoms with Crippen LogP contribution in [0.3, 0.4) is 0 Å². The maximum Gasteiger partial charge on any atom is 0.101 e. The van der Waals surface area contributed by atoms with Crippen LogP contribution in [0.2, 0.25) is 0 Å². The summed E-state index contributed by atoms with van der Waals surface area (Å²) in [6.07, 6.45) is 2.09.